The molecule has 0 saturated heterocycles. The van der Waals surface area contributed by atoms with Crippen molar-refractivity contribution in [2.45, 2.75) is 18.4 Å². The predicted molar refractivity (Wildman–Crippen MR) is 103 cm³/mol. The molecule has 3 atom stereocenters. The predicted octanol–water partition coefficient (Wildman–Crippen LogP) is 5.67. The van der Waals surface area contributed by atoms with Crippen molar-refractivity contribution < 1.29 is 4.74 Å². The molecule has 0 fully saturated rings. The minimum absolute atomic E-state index is 0.259. The van der Waals surface area contributed by atoms with Crippen LogP contribution in [0.15, 0.2) is 72.8 Å². The van der Waals surface area contributed by atoms with Crippen molar-refractivity contribution in [3.05, 3.63) is 83.9 Å². The third-order valence-electron chi connectivity index (χ3n) is 5.74. The van der Waals surface area contributed by atoms with E-state index in [1.54, 1.807) is 7.11 Å². The average Bonchev–Trinajstić information content (AvgIpc) is 3.17. The Balaban J connectivity index is 1.71. The first kappa shape index (κ1) is 14.6. The minimum Gasteiger partial charge on any atom is -0.496 e. The van der Waals surface area contributed by atoms with Gasteiger partial charge in [0, 0.05) is 22.6 Å². The lowest BCUT2D eigenvalue weighted by atomic mass is 9.76. The van der Waals surface area contributed by atoms with Gasteiger partial charge in [-0.25, -0.2) is 0 Å². The molecule has 3 unspecified atom stereocenters. The van der Waals surface area contributed by atoms with Crippen molar-refractivity contribution in [3.63, 3.8) is 0 Å². The zero-order valence-corrected chi connectivity index (χ0v) is 14.3. The van der Waals surface area contributed by atoms with E-state index in [1.165, 1.54) is 27.6 Å². The van der Waals surface area contributed by atoms with Crippen LogP contribution in [0.5, 0.6) is 5.75 Å². The van der Waals surface area contributed by atoms with Gasteiger partial charge in [0.25, 0.3) is 0 Å². The topological polar surface area (TPSA) is 21.3 Å². The van der Waals surface area contributed by atoms with Crippen LogP contribution in [0.3, 0.4) is 0 Å². The zero-order valence-electron chi connectivity index (χ0n) is 14.3. The molecule has 3 aromatic rings. The molecular formula is C23H21NO. The first-order chi connectivity index (χ1) is 12.4. The number of methoxy groups -OCH3 is 1. The van der Waals surface area contributed by atoms with Crippen LogP contribution in [0.2, 0.25) is 0 Å². The fourth-order valence-corrected chi connectivity index (χ4v) is 4.57. The summed E-state index contributed by atoms with van der Waals surface area (Å²) in [6.07, 6.45) is 5.83. The quantitative estimate of drug-likeness (QED) is 0.612. The summed E-state index contributed by atoms with van der Waals surface area (Å²) in [5, 5.41) is 6.47. The van der Waals surface area contributed by atoms with E-state index in [0.29, 0.717) is 11.8 Å². The Morgan fingerprint density at radius 1 is 0.920 bits per heavy atom. The fourth-order valence-electron chi connectivity index (χ4n) is 4.57. The van der Waals surface area contributed by atoms with Gasteiger partial charge in [-0.15, -0.1) is 0 Å². The van der Waals surface area contributed by atoms with Crippen LogP contribution in [0.1, 0.15) is 29.5 Å². The molecule has 2 aliphatic rings. The van der Waals surface area contributed by atoms with E-state index in [9.17, 15) is 0 Å². The van der Waals surface area contributed by atoms with Gasteiger partial charge in [0.15, 0.2) is 0 Å². The lowest BCUT2D eigenvalue weighted by Gasteiger charge is -2.38. The molecule has 25 heavy (non-hydrogen) atoms. The molecule has 0 bridgehead atoms. The van der Waals surface area contributed by atoms with Crippen molar-refractivity contribution in [1.82, 2.24) is 0 Å². The molecule has 2 nitrogen and oxygen atoms in total. The Morgan fingerprint density at radius 2 is 1.76 bits per heavy atom. The molecule has 0 amide bonds. The zero-order chi connectivity index (χ0) is 16.8. The van der Waals surface area contributed by atoms with E-state index in [1.807, 2.05) is 6.07 Å². The van der Waals surface area contributed by atoms with Gasteiger partial charge in [0.05, 0.1) is 13.2 Å². The van der Waals surface area contributed by atoms with E-state index in [2.05, 4.69) is 72.1 Å². The summed E-state index contributed by atoms with van der Waals surface area (Å²) in [5.41, 5.74) is 3.95. The Bertz CT molecular complexity index is 975. The third-order valence-corrected chi connectivity index (χ3v) is 5.74. The molecule has 1 aliphatic heterocycles. The first-order valence-corrected chi connectivity index (χ1v) is 8.94. The van der Waals surface area contributed by atoms with E-state index in [0.717, 1.165) is 12.2 Å². The van der Waals surface area contributed by atoms with Crippen LogP contribution in [0.25, 0.3) is 10.8 Å². The average molecular weight is 327 g/mol. The lowest BCUT2D eigenvalue weighted by Crippen LogP contribution is -2.29. The maximum atomic E-state index is 5.66. The summed E-state index contributed by atoms with van der Waals surface area (Å²) < 4.78 is 5.66. The standard InChI is InChI=1S/C23H21NO/c1-25-21-12-5-4-9-20(21)23-18-11-6-10-17(18)19-14-13-15-7-2-3-8-16(15)22(19)24-23/h2-10,12-14,17-18,23-24H,11H2,1H3. The SMILES string of the molecule is COc1ccccc1C1Nc2c(ccc3ccccc23)C2C=CCC21. The van der Waals surface area contributed by atoms with Crippen molar-refractivity contribution in [2.75, 3.05) is 12.4 Å². The van der Waals surface area contributed by atoms with Gasteiger partial charge < -0.3 is 10.1 Å². The van der Waals surface area contributed by atoms with Gasteiger partial charge in [-0.1, -0.05) is 66.7 Å². The summed E-state index contributed by atoms with van der Waals surface area (Å²) in [5.74, 6) is 1.97. The Kier molecular flexibility index (Phi) is 3.30. The summed E-state index contributed by atoms with van der Waals surface area (Å²) in [7, 11) is 1.76. The van der Waals surface area contributed by atoms with Crippen LogP contribution in [0.4, 0.5) is 5.69 Å². The second-order valence-electron chi connectivity index (χ2n) is 6.97. The van der Waals surface area contributed by atoms with Gasteiger partial charge in [0.1, 0.15) is 5.75 Å². The van der Waals surface area contributed by atoms with E-state index < -0.39 is 0 Å². The highest BCUT2D eigenvalue weighted by atomic mass is 16.5. The van der Waals surface area contributed by atoms with Crippen molar-refractivity contribution in [1.29, 1.82) is 0 Å². The van der Waals surface area contributed by atoms with Gasteiger partial charge in [-0.05, 0) is 29.4 Å². The summed E-state index contributed by atoms with van der Waals surface area (Å²) in [6, 6.07) is 21.9. The van der Waals surface area contributed by atoms with Gasteiger partial charge in [-0.2, -0.15) is 0 Å². The number of nitrogens with one attached hydrogen (secondary N) is 1. The number of fused-ring (bicyclic) bond motifs is 5. The van der Waals surface area contributed by atoms with E-state index >= 15 is 0 Å². The number of ether oxygens (including phenoxy) is 1. The number of benzene rings is 3. The monoisotopic (exact) mass is 327 g/mol. The van der Waals surface area contributed by atoms with Crippen LogP contribution in [0, 0.1) is 5.92 Å². The molecule has 2 heteroatoms. The van der Waals surface area contributed by atoms with Gasteiger partial charge in [0.2, 0.25) is 0 Å². The number of para-hydroxylation sites is 1. The lowest BCUT2D eigenvalue weighted by molar-refractivity contribution is 0.381. The van der Waals surface area contributed by atoms with Crippen LogP contribution < -0.4 is 10.1 Å². The Morgan fingerprint density at radius 3 is 2.68 bits per heavy atom. The highest BCUT2D eigenvalue weighted by molar-refractivity contribution is 5.96. The number of rotatable bonds is 2. The van der Waals surface area contributed by atoms with Crippen LogP contribution >= 0.6 is 0 Å². The molecular weight excluding hydrogens is 306 g/mol. The smallest absolute Gasteiger partial charge is 0.124 e. The highest BCUT2D eigenvalue weighted by Crippen LogP contribution is 2.52. The molecule has 1 N–H and O–H groups in total. The maximum absolute atomic E-state index is 5.66. The largest absolute Gasteiger partial charge is 0.496 e. The van der Waals surface area contributed by atoms with E-state index in [-0.39, 0.29) is 6.04 Å². The number of hydrogen-bond acceptors (Lipinski definition) is 2. The van der Waals surface area contributed by atoms with Crippen molar-refractivity contribution >= 4 is 16.5 Å². The molecule has 0 spiro atoms. The third kappa shape index (κ3) is 2.17. The Hall–Kier alpha value is -2.74. The molecule has 124 valence electrons. The minimum atomic E-state index is 0.259. The Labute approximate surface area is 148 Å². The summed E-state index contributed by atoms with van der Waals surface area (Å²) in [4.78, 5) is 0. The molecule has 5 rings (SSSR count). The molecule has 1 heterocycles. The van der Waals surface area contributed by atoms with Gasteiger partial charge in [-0.3, -0.25) is 0 Å². The molecule has 0 radical (unpaired) electrons. The maximum Gasteiger partial charge on any atom is 0.124 e. The summed E-state index contributed by atoms with van der Waals surface area (Å²) in [6.45, 7) is 0. The molecule has 0 aromatic heterocycles. The normalized spacial score (nSPS) is 23.8. The highest BCUT2D eigenvalue weighted by Gasteiger charge is 2.39. The molecule has 0 saturated carbocycles. The second kappa shape index (κ2) is 5.66. The van der Waals surface area contributed by atoms with Crippen LogP contribution in [-0.2, 0) is 0 Å². The van der Waals surface area contributed by atoms with E-state index in [4.69, 9.17) is 4.74 Å². The first-order valence-electron chi connectivity index (χ1n) is 8.94. The van der Waals surface area contributed by atoms with Crippen molar-refractivity contribution in [2.24, 2.45) is 5.92 Å². The molecule has 3 aromatic carbocycles. The van der Waals surface area contributed by atoms with Crippen LogP contribution in [-0.4, -0.2) is 7.11 Å². The van der Waals surface area contributed by atoms with Crippen molar-refractivity contribution in [3.8, 4) is 5.75 Å². The number of allylic oxidation sites excluding steroid dienone is 2. The number of hydrogen-bond donors (Lipinski definition) is 1. The molecule has 1 aliphatic carbocycles. The summed E-state index contributed by atoms with van der Waals surface area (Å²) >= 11 is 0. The van der Waals surface area contributed by atoms with Gasteiger partial charge >= 0.3 is 0 Å². The number of anilines is 1. The second-order valence-corrected chi connectivity index (χ2v) is 6.97. The fraction of sp³-hybridized carbons (Fsp3) is 0.217.